The normalized spacial score (nSPS) is 13.6. The number of nitrogens with two attached hydrogens (primary N) is 1. The van der Waals surface area contributed by atoms with Crippen molar-refractivity contribution in [3.63, 3.8) is 0 Å². The van der Waals surface area contributed by atoms with Crippen LogP contribution in [-0.4, -0.2) is 75.9 Å². The number of carbonyl (C=O) groups is 1. The molecule has 0 aliphatic heterocycles. The molecule has 0 fully saturated rings. The lowest BCUT2D eigenvalue weighted by atomic mass is 10.2. The summed E-state index contributed by atoms with van der Waals surface area (Å²) in [7, 11) is 0.893. The molecule has 0 aliphatic carbocycles. The summed E-state index contributed by atoms with van der Waals surface area (Å²) in [6, 6.07) is -0.728. The van der Waals surface area contributed by atoms with Gasteiger partial charge in [0.05, 0.1) is 11.8 Å². The number of sulfone groups is 1. The summed E-state index contributed by atoms with van der Waals surface area (Å²) in [5.41, 5.74) is 5.77. The molecule has 0 bridgehead atoms. The van der Waals surface area contributed by atoms with Crippen LogP contribution in [0.2, 0.25) is 0 Å². The van der Waals surface area contributed by atoms with Crippen LogP contribution in [0.25, 0.3) is 0 Å². The van der Waals surface area contributed by atoms with E-state index in [2.05, 4.69) is 4.90 Å². The molecule has 0 radical (unpaired) electrons. The summed E-state index contributed by atoms with van der Waals surface area (Å²) >= 11 is 0. The fourth-order valence-electron chi connectivity index (χ4n) is 1.70. The third kappa shape index (κ3) is 8.96. The molecule has 0 saturated heterocycles. The molecule has 0 spiro atoms. The molecule has 2 N–H and O–H groups in total. The second-order valence-corrected chi connectivity index (χ2v) is 7.36. The largest absolute Gasteiger partial charge is 0.342 e. The first-order valence-electron chi connectivity index (χ1n) is 6.54. The van der Waals surface area contributed by atoms with E-state index >= 15 is 0 Å². The Morgan fingerprint density at radius 1 is 1.26 bits per heavy atom. The molecular weight excluding hydrogens is 266 g/mol. The standard InChI is InChI=1S/C12H27N3O3S/c1-5-15(9-6-8-14(2)3)12(16)11(13)7-10-19(4,17)18/h11H,5-10,13H2,1-4H3. The van der Waals surface area contributed by atoms with E-state index in [-0.39, 0.29) is 18.1 Å². The zero-order chi connectivity index (χ0) is 15.1. The highest BCUT2D eigenvalue weighted by Gasteiger charge is 2.20. The smallest absolute Gasteiger partial charge is 0.239 e. The lowest BCUT2D eigenvalue weighted by molar-refractivity contribution is -0.132. The van der Waals surface area contributed by atoms with Crippen LogP contribution in [0.3, 0.4) is 0 Å². The highest BCUT2D eigenvalue weighted by molar-refractivity contribution is 7.90. The van der Waals surface area contributed by atoms with Crippen molar-refractivity contribution in [2.75, 3.05) is 45.7 Å². The third-order valence-electron chi connectivity index (χ3n) is 2.84. The Morgan fingerprint density at radius 2 is 1.84 bits per heavy atom. The van der Waals surface area contributed by atoms with Crippen LogP contribution in [0.15, 0.2) is 0 Å². The van der Waals surface area contributed by atoms with Crippen LogP contribution >= 0.6 is 0 Å². The van der Waals surface area contributed by atoms with Crippen molar-refractivity contribution >= 4 is 15.7 Å². The molecule has 0 heterocycles. The van der Waals surface area contributed by atoms with Crippen LogP contribution < -0.4 is 5.73 Å². The minimum atomic E-state index is -3.07. The summed E-state index contributed by atoms with van der Waals surface area (Å²) in [5.74, 6) is -0.209. The Kier molecular flexibility index (Phi) is 8.20. The number of hydrogen-bond acceptors (Lipinski definition) is 5. The predicted octanol–water partition coefficient (Wildman–Crippen LogP) is -0.451. The second-order valence-electron chi connectivity index (χ2n) is 5.10. The van der Waals surface area contributed by atoms with E-state index in [1.807, 2.05) is 21.0 Å². The second kappa shape index (κ2) is 8.50. The molecule has 7 heteroatoms. The zero-order valence-electron chi connectivity index (χ0n) is 12.4. The summed E-state index contributed by atoms with van der Waals surface area (Å²) < 4.78 is 22.1. The fourth-order valence-corrected chi connectivity index (χ4v) is 2.38. The van der Waals surface area contributed by atoms with E-state index in [1.165, 1.54) is 0 Å². The maximum Gasteiger partial charge on any atom is 0.239 e. The van der Waals surface area contributed by atoms with Gasteiger partial charge in [-0.1, -0.05) is 0 Å². The first-order valence-corrected chi connectivity index (χ1v) is 8.60. The molecule has 0 saturated carbocycles. The Balaban J connectivity index is 4.25. The molecule has 0 aromatic heterocycles. The molecule has 0 aromatic carbocycles. The topological polar surface area (TPSA) is 83.7 Å². The van der Waals surface area contributed by atoms with Gasteiger partial charge in [0.15, 0.2) is 0 Å². The summed E-state index contributed by atoms with van der Waals surface area (Å²) in [6.45, 7) is 4.05. The minimum absolute atomic E-state index is 0.0465. The first kappa shape index (κ1) is 18.3. The van der Waals surface area contributed by atoms with Crippen molar-refractivity contribution in [2.24, 2.45) is 5.73 Å². The number of carbonyl (C=O) groups excluding carboxylic acids is 1. The van der Waals surface area contributed by atoms with Gasteiger partial charge < -0.3 is 15.5 Å². The maximum absolute atomic E-state index is 12.1. The van der Waals surface area contributed by atoms with E-state index in [0.717, 1.165) is 19.2 Å². The molecule has 114 valence electrons. The minimum Gasteiger partial charge on any atom is -0.342 e. The average Bonchev–Trinajstić information content (AvgIpc) is 2.29. The van der Waals surface area contributed by atoms with Gasteiger partial charge in [-0.25, -0.2) is 8.42 Å². The fraction of sp³-hybridized carbons (Fsp3) is 0.917. The Bertz CT molecular complexity index is 368. The van der Waals surface area contributed by atoms with Crippen LogP contribution in [0.1, 0.15) is 19.8 Å². The first-order chi connectivity index (χ1) is 8.67. The van der Waals surface area contributed by atoms with Gasteiger partial charge in [0.25, 0.3) is 0 Å². The van der Waals surface area contributed by atoms with Crippen molar-refractivity contribution in [3.8, 4) is 0 Å². The van der Waals surface area contributed by atoms with Gasteiger partial charge in [-0.3, -0.25) is 4.79 Å². The Morgan fingerprint density at radius 3 is 2.26 bits per heavy atom. The van der Waals surface area contributed by atoms with Crippen molar-refractivity contribution < 1.29 is 13.2 Å². The van der Waals surface area contributed by atoms with E-state index in [1.54, 1.807) is 4.90 Å². The Hall–Kier alpha value is -0.660. The predicted molar refractivity (Wildman–Crippen MR) is 77.7 cm³/mol. The van der Waals surface area contributed by atoms with Crippen molar-refractivity contribution in [3.05, 3.63) is 0 Å². The maximum atomic E-state index is 12.1. The van der Waals surface area contributed by atoms with Crippen LogP contribution in [0.5, 0.6) is 0 Å². The van der Waals surface area contributed by atoms with Gasteiger partial charge in [-0.2, -0.15) is 0 Å². The van der Waals surface area contributed by atoms with Crippen LogP contribution in [-0.2, 0) is 14.6 Å². The van der Waals surface area contributed by atoms with Crippen molar-refractivity contribution in [1.29, 1.82) is 0 Å². The van der Waals surface area contributed by atoms with E-state index in [9.17, 15) is 13.2 Å². The van der Waals surface area contributed by atoms with Crippen molar-refractivity contribution in [2.45, 2.75) is 25.8 Å². The molecule has 0 rings (SSSR count). The molecule has 1 atom stereocenters. The zero-order valence-corrected chi connectivity index (χ0v) is 13.2. The van der Waals surface area contributed by atoms with Crippen LogP contribution in [0, 0.1) is 0 Å². The quantitative estimate of drug-likeness (QED) is 0.622. The number of hydrogen-bond donors (Lipinski definition) is 1. The molecule has 0 aliphatic rings. The van der Waals surface area contributed by atoms with Gasteiger partial charge in [0.2, 0.25) is 5.91 Å². The van der Waals surface area contributed by atoms with E-state index in [4.69, 9.17) is 5.73 Å². The van der Waals surface area contributed by atoms with Crippen molar-refractivity contribution in [1.82, 2.24) is 9.80 Å². The number of likely N-dealkylation sites (N-methyl/N-ethyl adjacent to an activating group) is 1. The summed E-state index contributed by atoms with van der Waals surface area (Å²) in [5, 5.41) is 0. The molecular formula is C12H27N3O3S. The molecule has 1 amide bonds. The van der Waals surface area contributed by atoms with Gasteiger partial charge in [-0.05, 0) is 40.4 Å². The molecule has 0 aromatic rings. The lowest BCUT2D eigenvalue weighted by Crippen LogP contribution is -2.45. The molecule has 6 nitrogen and oxygen atoms in total. The van der Waals surface area contributed by atoms with Gasteiger partial charge in [0.1, 0.15) is 9.84 Å². The summed E-state index contributed by atoms with van der Waals surface area (Å²) in [4.78, 5) is 15.8. The average molecular weight is 293 g/mol. The van der Waals surface area contributed by atoms with E-state index < -0.39 is 15.9 Å². The number of nitrogens with zero attached hydrogens (tertiary/aromatic N) is 2. The number of rotatable bonds is 9. The Labute approximate surface area is 116 Å². The molecule has 19 heavy (non-hydrogen) atoms. The lowest BCUT2D eigenvalue weighted by Gasteiger charge is -2.25. The highest BCUT2D eigenvalue weighted by atomic mass is 32.2. The summed E-state index contributed by atoms with van der Waals surface area (Å²) in [6.07, 6.45) is 2.21. The van der Waals surface area contributed by atoms with E-state index in [0.29, 0.717) is 13.1 Å². The third-order valence-corrected chi connectivity index (χ3v) is 3.82. The highest BCUT2D eigenvalue weighted by Crippen LogP contribution is 2.01. The van der Waals surface area contributed by atoms with Gasteiger partial charge in [0, 0.05) is 19.3 Å². The van der Waals surface area contributed by atoms with Gasteiger partial charge >= 0.3 is 0 Å². The number of amides is 1. The van der Waals surface area contributed by atoms with Crippen LogP contribution in [0.4, 0.5) is 0 Å². The monoisotopic (exact) mass is 293 g/mol. The SMILES string of the molecule is CCN(CCCN(C)C)C(=O)C(N)CCS(C)(=O)=O. The molecule has 1 unspecified atom stereocenters. The van der Waals surface area contributed by atoms with Gasteiger partial charge in [-0.15, -0.1) is 0 Å².